The molecule has 0 bridgehead atoms. The maximum atomic E-state index is 10.3. The average Bonchev–Trinajstić information content (AvgIpc) is 3.57. The molecule has 1 aliphatic heterocycles. The van der Waals surface area contributed by atoms with Gasteiger partial charge in [-0.05, 0) is 37.4 Å². The van der Waals surface area contributed by atoms with Crippen molar-refractivity contribution >= 4 is 23.3 Å². The van der Waals surface area contributed by atoms with Crippen molar-refractivity contribution in [2.75, 3.05) is 23.7 Å². The Labute approximate surface area is 185 Å². The molecule has 164 valence electrons. The molecule has 2 aliphatic rings. The third-order valence-electron chi connectivity index (χ3n) is 5.60. The first-order chi connectivity index (χ1) is 15.7. The molecule has 3 aromatic rings. The molecule has 32 heavy (non-hydrogen) atoms. The van der Waals surface area contributed by atoms with E-state index in [1.165, 1.54) is 18.9 Å². The lowest BCUT2D eigenvalue weighted by Gasteiger charge is -2.20. The standard InChI is InChI=1S/C23H25N8O/c24-18(14-4-2-1-3-5-14)10-16(32)12-26-23-27-20-13-25-9-8-17(20)22(29-23)28-21-11-19(30-31-21)15-6-7-15/h1-5,10-11,15,25,32H,6-9,12-13H2,(H3,26,27,28,29,30,31)/q-1/b16-10-. The quantitative estimate of drug-likeness (QED) is 0.274. The molecule has 5 rings (SSSR count). The van der Waals surface area contributed by atoms with Gasteiger partial charge in [0.25, 0.3) is 0 Å². The number of benzene rings is 1. The first-order valence-corrected chi connectivity index (χ1v) is 10.8. The predicted molar refractivity (Wildman–Crippen MR) is 124 cm³/mol. The van der Waals surface area contributed by atoms with Crippen molar-refractivity contribution in [2.45, 2.75) is 31.7 Å². The average molecular weight is 430 g/mol. The van der Waals surface area contributed by atoms with Crippen LogP contribution in [-0.2, 0) is 13.0 Å². The van der Waals surface area contributed by atoms with Crippen LogP contribution in [0.5, 0.6) is 0 Å². The second-order valence-corrected chi connectivity index (χ2v) is 8.10. The van der Waals surface area contributed by atoms with Gasteiger partial charge in [-0.2, -0.15) is 10.1 Å². The zero-order valence-corrected chi connectivity index (χ0v) is 17.6. The van der Waals surface area contributed by atoms with Crippen LogP contribution in [0.1, 0.15) is 41.3 Å². The van der Waals surface area contributed by atoms with E-state index >= 15 is 0 Å². The summed E-state index contributed by atoms with van der Waals surface area (Å²) in [5.74, 6) is 2.42. The van der Waals surface area contributed by atoms with E-state index in [0.717, 1.165) is 41.6 Å². The van der Waals surface area contributed by atoms with Gasteiger partial charge in [0.2, 0.25) is 5.95 Å². The summed E-state index contributed by atoms with van der Waals surface area (Å²) < 4.78 is 0. The number of aromatic nitrogens is 4. The van der Waals surface area contributed by atoms with Gasteiger partial charge in [0.15, 0.2) is 5.82 Å². The number of fused-ring (bicyclic) bond motifs is 1. The van der Waals surface area contributed by atoms with Crippen LogP contribution in [0.15, 0.2) is 48.2 Å². The number of rotatable bonds is 8. The molecule has 9 heteroatoms. The van der Waals surface area contributed by atoms with Gasteiger partial charge >= 0.3 is 0 Å². The zero-order chi connectivity index (χ0) is 21.9. The van der Waals surface area contributed by atoms with Gasteiger partial charge in [0.05, 0.1) is 12.2 Å². The maximum absolute atomic E-state index is 10.3. The van der Waals surface area contributed by atoms with Crippen molar-refractivity contribution < 1.29 is 5.11 Å². The summed E-state index contributed by atoms with van der Waals surface area (Å²) in [5, 5.41) is 37.7. The summed E-state index contributed by atoms with van der Waals surface area (Å²) in [5.41, 5.74) is 3.76. The normalized spacial score (nSPS) is 15.8. The van der Waals surface area contributed by atoms with E-state index in [1.54, 1.807) is 12.1 Å². The van der Waals surface area contributed by atoms with Crippen molar-refractivity contribution in [3.05, 3.63) is 76.2 Å². The van der Waals surface area contributed by atoms with E-state index < -0.39 is 0 Å². The molecule has 3 heterocycles. The Morgan fingerprint density at radius 1 is 1.22 bits per heavy atom. The van der Waals surface area contributed by atoms with Crippen LogP contribution in [0.4, 0.5) is 17.6 Å². The lowest BCUT2D eigenvalue weighted by Crippen LogP contribution is -2.26. The number of anilines is 3. The Morgan fingerprint density at radius 2 is 2.06 bits per heavy atom. The first kappa shape index (κ1) is 20.2. The third-order valence-corrected chi connectivity index (χ3v) is 5.60. The van der Waals surface area contributed by atoms with E-state index in [2.05, 4.69) is 36.1 Å². The van der Waals surface area contributed by atoms with Crippen LogP contribution < -0.4 is 16.0 Å². The van der Waals surface area contributed by atoms with E-state index in [9.17, 15) is 10.5 Å². The van der Waals surface area contributed by atoms with Crippen molar-refractivity contribution in [2.24, 2.45) is 0 Å². The number of nitrogens with one attached hydrogen (secondary N) is 4. The number of aromatic amines is 1. The van der Waals surface area contributed by atoms with E-state index in [4.69, 9.17) is 0 Å². The molecule has 0 radical (unpaired) electrons. The van der Waals surface area contributed by atoms with Gasteiger partial charge in [-0.3, -0.25) is 5.10 Å². The van der Waals surface area contributed by atoms with E-state index in [-0.39, 0.29) is 18.0 Å². The Bertz CT molecular complexity index is 1150. The van der Waals surface area contributed by atoms with Gasteiger partial charge in [0, 0.05) is 29.8 Å². The van der Waals surface area contributed by atoms with Crippen molar-refractivity contribution in [1.82, 2.24) is 25.5 Å². The Kier molecular flexibility index (Phi) is 5.55. The van der Waals surface area contributed by atoms with Crippen LogP contribution in [0.3, 0.4) is 0 Å². The molecule has 1 aromatic carbocycles. The highest BCUT2D eigenvalue weighted by atomic mass is 16.3. The fraction of sp³-hybridized carbons (Fsp3) is 0.304. The van der Waals surface area contributed by atoms with Crippen LogP contribution in [0.2, 0.25) is 0 Å². The maximum Gasteiger partial charge on any atom is 0.225 e. The number of hydrogen-bond donors (Lipinski definition) is 5. The zero-order valence-electron chi connectivity index (χ0n) is 17.6. The van der Waals surface area contributed by atoms with E-state index in [1.807, 2.05) is 24.3 Å². The summed E-state index contributed by atoms with van der Waals surface area (Å²) in [6.07, 6.45) is 4.56. The molecule has 1 saturated carbocycles. The number of allylic oxidation sites excluding steroid dienone is 1. The SMILES string of the molecule is [N-]=C(/C=C(\O)CNc1nc2c(c(Nc3cc(C4CC4)[nH]n3)n1)CCNC2)c1ccccc1. The minimum absolute atomic E-state index is 0.00665. The van der Waals surface area contributed by atoms with Crippen molar-refractivity contribution in [3.63, 3.8) is 0 Å². The third kappa shape index (κ3) is 4.62. The van der Waals surface area contributed by atoms with Gasteiger partial charge in [0.1, 0.15) is 11.6 Å². The number of aliphatic hydroxyl groups excluding tert-OH is 1. The molecular formula is C23H25N8O-. The fourth-order valence-corrected chi connectivity index (χ4v) is 3.74. The van der Waals surface area contributed by atoms with Gasteiger partial charge in [-0.1, -0.05) is 30.3 Å². The number of hydrogen-bond acceptors (Lipinski definition) is 7. The molecule has 0 unspecified atom stereocenters. The lowest BCUT2D eigenvalue weighted by atomic mass is 10.1. The van der Waals surface area contributed by atoms with Crippen LogP contribution in [0.25, 0.3) is 5.41 Å². The van der Waals surface area contributed by atoms with Crippen molar-refractivity contribution in [1.29, 1.82) is 0 Å². The summed E-state index contributed by atoms with van der Waals surface area (Å²) >= 11 is 0. The minimum Gasteiger partial charge on any atom is -0.803 e. The molecule has 1 aliphatic carbocycles. The first-order valence-electron chi connectivity index (χ1n) is 10.8. The van der Waals surface area contributed by atoms with Crippen LogP contribution in [0, 0.1) is 0 Å². The Morgan fingerprint density at radius 3 is 2.88 bits per heavy atom. The highest BCUT2D eigenvalue weighted by Crippen LogP contribution is 2.39. The predicted octanol–water partition coefficient (Wildman–Crippen LogP) is 3.38. The van der Waals surface area contributed by atoms with Crippen molar-refractivity contribution in [3.8, 4) is 0 Å². The molecule has 0 atom stereocenters. The molecule has 0 spiro atoms. The summed E-state index contributed by atoms with van der Waals surface area (Å²) in [6.45, 7) is 1.60. The summed E-state index contributed by atoms with van der Waals surface area (Å²) in [6, 6.07) is 11.1. The van der Waals surface area contributed by atoms with Gasteiger partial charge in [-0.25, -0.2) is 4.98 Å². The molecule has 9 nitrogen and oxygen atoms in total. The highest BCUT2D eigenvalue weighted by molar-refractivity contribution is 6.11. The van der Waals surface area contributed by atoms with Gasteiger partial charge < -0.3 is 26.5 Å². The Hall–Kier alpha value is -3.72. The monoisotopic (exact) mass is 429 g/mol. The molecule has 5 N–H and O–H groups in total. The smallest absolute Gasteiger partial charge is 0.225 e. The topological polar surface area (TPSA) is 133 Å². The van der Waals surface area contributed by atoms with Gasteiger partial charge in [-0.15, -0.1) is 5.71 Å². The minimum atomic E-state index is -0.0262. The lowest BCUT2D eigenvalue weighted by molar-refractivity contribution is 0.408. The highest BCUT2D eigenvalue weighted by Gasteiger charge is 2.26. The largest absolute Gasteiger partial charge is 0.803 e. The molecule has 2 aromatic heterocycles. The summed E-state index contributed by atoms with van der Waals surface area (Å²) in [4.78, 5) is 9.25. The molecular weight excluding hydrogens is 404 g/mol. The second kappa shape index (κ2) is 8.80. The summed E-state index contributed by atoms with van der Waals surface area (Å²) in [7, 11) is 0. The Balaban J connectivity index is 1.31. The van der Waals surface area contributed by atoms with E-state index in [0.29, 0.717) is 24.0 Å². The van der Waals surface area contributed by atoms with Crippen LogP contribution in [-0.4, -0.2) is 44.1 Å². The molecule has 0 amide bonds. The fourth-order valence-electron chi connectivity index (χ4n) is 3.74. The van der Waals surface area contributed by atoms with Crippen LogP contribution >= 0.6 is 0 Å². The number of H-pyrrole nitrogens is 1. The molecule has 1 fully saturated rings. The molecule has 0 saturated heterocycles. The second-order valence-electron chi connectivity index (χ2n) is 8.10. The number of nitrogens with zero attached hydrogens (tertiary/aromatic N) is 4. The number of aliphatic hydroxyl groups is 1.